The Labute approximate surface area is 88.5 Å². The van der Waals surface area contributed by atoms with Crippen LogP contribution >= 0.6 is 0 Å². The van der Waals surface area contributed by atoms with E-state index in [1.165, 1.54) is 5.57 Å². The number of rotatable bonds is 0. The lowest BCUT2D eigenvalue weighted by Crippen LogP contribution is -1.52. The smallest absolute Gasteiger partial charge is 0.0442 e. The van der Waals surface area contributed by atoms with Crippen LogP contribution in [0.4, 0.5) is 0 Å². The summed E-state index contributed by atoms with van der Waals surface area (Å²) >= 11 is 0. The van der Waals surface area contributed by atoms with Gasteiger partial charge in [0.1, 0.15) is 0 Å². The van der Waals surface area contributed by atoms with E-state index >= 15 is 0 Å². The summed E-state index contributed by atoms with van der Waals surface area (Å²) in [6, 6.07) is 0. The molecule has 0 fully saturated rings. The van der Waals surface area contributed by atoms with Gasteiger partial charge >= 0.3 is 0 Å². The van der Waals surface area contributed by atoms with Gasteiger partial charge in [0.2, 0.25) is 0 Å². The monoisotopic (exact) mass is 190 g/mol. The van der Waals surface area contributed by atoms with E-state index in [2.05, 4.69) is 19.9 Å². The zero-order valence-corrected chi connectivity index (χ0v) is 12.1. The predicted octanol–water partition coefficient (Wildman–Crippen LogP) is 6.08. The van der Waals surface area contributed by atoms with Crippen molar-refractivity contribution in [1.82, 2.24) is 0 Å². The van der Waals surface area contributed by atoms with E-state index in [-0.39, 0.29) is 0 Å². The zero-order valence-electron chi connectivity index (χ0n) is 12.1. The van der Waals surface area contributed by atoms with Crippen LogP contribution in [0.5, 0.6) is 0 Å². The van der Waals surface area contributed by atoms with Crippen LogP contribution in [-0.2, 0) is 0 Å². The third-order valence-electron chi connectivity index (χ3n) is 0.577. The Hall–Kier alpha value is -0.260. The third-order valence-corrected chi connectivity index (χ3v) is 0.577. The highest BCUT2D eigenvalue weighted by molar-refractivity contribution is 4.88. The minimum Gasteiger partial charge on any atom is -0.0890 e. The molecular weight excluding hydrogens is 156 g/mol. The fourth-order valence-electron chi connectivity index (χ4n) is 0. The first-order valence-corrected chi connectivity index (χ1v) is 5.87. The third kappa shape index (κ3) is 368. The van der Waals surface area contributed by atoms with E-state index in [0.717, 1.165) is 0 Å². The van der Waals surface area contributed by atoms with Gasteiger partial charge in [-0.15, -0.1) is 0 Å². The highest BCUT2D eigenvalue weighted by Crippen LogP contribution is 1.82. The second-order valence-corrected chi connectivity index (χ2v) is 1.37. The van der Waals surface area contributed by atoms with Crippen molar-refractivity contribution in [3.05, 3.63) is 11.6 Å². The van der Waals surface area contributed by atoms with Gasteiger partial charge in [-0.05, 0) is 20.8 Å². The van der Waals surface area contributed by atoms with E-state index in [9.17, 15) is 0 Å². The van der Waals surface area contributed by atoms with Crippen molar-refractivity contribution >= 4 is 0 Å². The molecule has 0 saturated heterocycles. The largest absolute Gasteiger partial charge is 0.0890 e. The van der Waals surface area contributed by atoms with Gasteiger partial charge < -0.3 is 0 Å². The van der Waals surface area contributed by atoms with Gasteiger partial charge in [0.15, 0.2) is 0 Å². The van der Waals surface area contributed by atoms with Crippen LogP contribution in [0.25, 0.3) is 0 Å². The lowest BCUT2D eigenvalue weighted by Gasteiger charge is -1.74. The molecule has 0 aromatic heterocycles. The summed E-state index contributed by atoms with van der Waals surface area (Å²) in [4.78, 5) is 0. The molecule has 0 spiro atoms. The second kappa shape index (κ2) is 96.8. The first kappa shape index (κ1) is 29.3. The highest BCUT2D eigenvalue weighted by atomic mass is 13.7. The molecule has 13 heavy (non-hydrogen) atoms. The Balaban J connectivity index is -0.0000000230. The molecule has 0 rings (SSSR count). The van der Waals surface area contributed by atoms with Crippen molar-refractivity contribution in [3.63, 3.8) is 0 Å². The van der Waals surface area contributed by atoms with Crippen molar-refractivity contribution < 1.29 is 0 Å². The quantitative estimate of drug-likeness (QED) is 0.406. The lowest BCUT2D eigenvalue weighted by molar-refractivity contribution is 1.36. The van der Waals surface area contributed by atoms with Crippen molar-refractivity contribution in [2.45, 2.75) is 76.2 Å². The van der Waals surface area contributed by atoms with Gasteiger partial charge in [0.25, 0.3) is 0 Å². The summed E-state index contributed by atoms with van der Waals surface area (Å²) < 4.78 is 0. The van der Waals surface area contributed by atoms with Gasteiger partial charge in [-0.1, -0.05) is 67.0 Å². The van der Waals surface area contributed by atoms with Crippen molar-refractivity contribution in [2.75, 3.05) is 0 Å². The highest BCUT2D eigenvalue weighted by Gasteiger charge is 1.60. The molecule has 0 unspecified atom stereocenters. The first-order valence-electron chi connectivity index (χ1n) is 5.87. The molecular formula is C13H34. The molecule has 0 bridgehead atoms. The molecule has 0 saturated carbocycles. The van der Waals surface area contributed by atoms with Crippen LogP contribution in [0.15, 0.2) is 11.6 Å². The summed E-state index contributed by atoms with van der Waals surface area (Å²) in [5.41, 5.74) is 1.38. The molecule has 0 heterocycles. The molecule has 0 amide bonds. The number of hydrogen-bond acceptors (Lipinski definition) is 0. The molecule has 0 atom stereocenters. The zero-order chi connectivity index (χ0) is 12.3. The molecule has 0 nitrogen and oxygen atoms in total. The van der Waals surface area contributed by atoms with Crippen molar-refractivity contribution in [2.24, 2.45) is 0 Å². The summed E-state index contributed by atoms with van der Waals surface area (Å²) in [7, 11) is 0. The second-order valence-electron chi connectivity index (χ2n) is 1.37. The van der Waals surface area contributed by atoms with Crippen LogP contribution in [-0.4, -0.2) is 0 Å². The van der Waals surface area contributed by atoms with Crippen molar-refractivity contribution in [1.29, 1.82) is 0 Å². The molecule has 0 aliphatic heterocycles. The molecule has 0 aromatic rings. The standard InChI is InChI=1S/C5H10.4C2H6/c1-4-5(2)3;4*1-2/h4H,1-3H3;4*1-2H3. The maximum Gasteiger partial charge on any atom is -0.0442 e. The van der Waals surface area contributed by atoms with Gasteiger partial charge in [0.05, 0.1) is 0 Å². The summed E-state index contributed by atoms with van der Waals surface area (Å²) in [5, 5.41) is 0. The van der Waals surface area contributed by atoms with Crippen molar-refractivity contribution in [3.8, 4) is 0 Å². The summed E-state index contributed by atoms with van der Waals surface area (Å²) in [6.07, 6.45) is 2.08. The fourth-order valence-corrected chi connectivity index (χ4v) is 0. The maximum absolute atomic E-state index is 2.08. The maximum atomic E-state index is 2.08. The van der Waals surface area contributed by atoms with Crippen LogP contribution in [0.3, 0.4) is 0 Å². The van der Waals surface area contributed by atoms with Gasteiger partial charge in [-0.2, -0.15) is 0 Å². The van der Waals surface area contributed by atoms with Gasteiger partial charge in [-0.3, -0.25) is 0 Å². The van der Waals surface area contributed by atoms with Crippen LogP contribution in [0.1, 0.15) is 76.2 Å². The minimum atomic E-state index is 1.38. The Morgan fingerprint density at radius 3 is 0.692 bits per heavy atom. The first-order chi connectivity index (χ1) is 6.27. The minimum absolute atomic E-state index is 1.38. The molecule has 0 radical (unpaired) electrons. The number of allylic oxidation sites excluding steroid dienone is 2. The Morgan fingerprint density at radius 2 is 0.692 bits per heavy atom. The van der Waals surface area contributed by atoms with Gasteiger partial charge in [-0.25, -0.2) is 0 Å². The average Bonchev–Trinajstić information content (AvgIpc) is 2.29. The van der Waals surface area contributed by atoms with E-state index in [1.807, 2.05) is 62.3 Å². The fraction of sp³-hybridized carbons (Fsp3) is 0.846. The van der Waals surface area contributed by atoms with E-state index in [4.69, 9.17) is 0 Å². The summed E-state index contributed by atoms with van der Waals surface area (Å²) in [6.45, 7) is 22.2. The molecule has 0 aromatic carbocycles. The topological polar surface area (TPSA) is 0 Å². The Morgan fingerprint density at radius 1 is 0.615 bits per heavy atom. The number of hydrogen-bond donors (Lipinski definition) is 0. The van der Waals surface area contributed by atoms with E-state index in [1.54, 1.807) is 0 Å². The van der Waals surface area contributed by atoms with Crippen LogP contribution in [0.2, 0.25) is 0 Å². The normalized spacial score (nSPS) is 4.54. The molecule has 0 N–H and O–H groups in total. The van der Waals surface area contributed by atoms with Gasteiger partial charge in [0, 0.05) is 0 Å². The molecule has 0 aliphatic carbocycles. The van der Waals surface area contributed by atoms with E-state index < -0.39 is 0 Å². The van der Waals surface area contributed by atoms with E-state index in [0.29, 0.717) is 0 Å². The Bertz CT molecular complexity index is 38.0. The molecule has 86 valence electrons. The summed E-state index contributed by atoms with van der Waals surface area (Å²) in [5.74, 6) is 0. The average molecular weight is 190 g/mol. The van der Waals surface area contributed by atoms with Crippen LogP contribution in [0, 0.1) is 0 Å². The SMILES string of the molecule is CC.CC.CC.CC.CC=C(C)C. The predicted molar refractivity (Wildman–Crippen MR) is 70.5 cm³/mol. The molecule has 0 heteroatoms. The lowest BCUT2D eigenvalue weighted by atomic mass is 10.3. The molecule has 0 aliphatic rings. The van der Waals surface area contributed by atoms with Crippen LogP contribution < -0.4 is 0 Å². The Kier molecular flexibility index (Phi) is 218.